The lowest BCUT2D eigenvalue weighted by Gasteiger charge is -1.91. The smallest absolute Gasteiger partial charge is 0.140 e. The first kappa shape index (κ1) is 7.21. The third-order valence-electron chi connectivity index (χ3n) is 1.13. The minimum absolute atomic E-state index is 0.648. The van der Waals surface area contributed by atoms with Gasteiger partial charge in [-0.05, 0) is 6.42 Å². The molecule has 0 fully saturated rings. The first-order valence-corrected chi connectivity index (χ1v) is 3.87. The maximum absolute atomic E-state index is 8.45. The molecule has 0 radical (unpaired) electrons. The fourth-order valence-electron chi connectivity index (χ4n) is 0.631. The van der Waals surface area contributed by atoms with Gasteiger partial charge in [0, 0.05) is 11.6 Å². The fourth-order valence-corrected chi connectivity index (χ4v) is 1.32. The number of aromatic nitrogens is 1. The summed E-state index contributed by atoms with van der Waals surface area (Å²) in [6.07, 6.45) is 2.41. The Morgan fingerprint density at radius 1 is 1.90 bits per heavy atom. The van der Waals surface area contributed by atoms with Crippen LogP contribution in [0.3, 0.4) is 0 Å². The average Bonchev–Trinajstić information content (AvgIpc) is 2.43. The molecule has 3 nitrogen and oxygen atoms in total. The summed E-state index contributed by atoms with van der Waals surface area (Å²) in [7, 11) is 0. The van der Waals surface area contributed by atoms with Gasteiger partial charge in [0.25, 0.3) is 0 Å². The zero-order valence-electron chi connectivity index (χ0n) is 5.61. The monoisotopic (exact) mass is 156 g/mol. The number of hydrogen-bond acceptors (Lipinski definition) is 4. The Morgan fingerprint density at radius 3 is 3.10 bits per heavy atom. The van der Waals surface area contributed by atoms with Gasteiger partial charge in [0.05, 0.1) is 0 Å². The highest BCUT2D eigenvalue weighted by molar-refractivity contribution is 7.11. The number of thiazole rings is 1. The van der Waals surface area contributed by atoms with E-state index in [-0.39, 0.29) is 0 Å². The van der Waals surface area contributed by atoms with Crippen molar-refractivity contribution in [2.24, 2.45) is 5.16 Å². The van der Waals surface area contributed by atoms with Crippen LogP contribution in [0.1, 0.15) is 18.4 Å². The second kappa shape index (κ2) is 3.31. The quantitative estimate of drug-likeness (QED) is 0.402. The van der Waals surface area contributed by atoms with Gasteiger partial charge in [0.1, 0.15) is 10.7 Å². The van der Waals surface area contributed by atoms with E-state index in [1.54, 1.807) is 6.20 Å². The molecular formula is C6H8N2OS. The second-order valence-corrected chi connectivity index (χ2v) is 2.63. The molecule has 4 heteroatoms. The minimum Gasteiger partial charge on any atom is -0.411 e. The SMILES string of the molecule is CC/C(=N\O)c1nccs1. The van der Waals surface area contributed by atoms with Gasteiger partial charge >= 0.3 is 0 Å². The Bertz CT molecular complexity index is 218. The third-order valence-corrected chi connectivity index (χ3v) is 1.96. The topological polar surface area (TPSA) is 45.5 Å². The van der Waals surface area contributed by atoms with Crippen molar-refractivity contribution >= 4 is 17.0 Å². The molecule has 0 aliphatic rings. The number of nitrogens with zero attached hydrogens (tertiary/aromatic N) is 2. The normalized spacial score (nSPS) is 11.9. The Kier molecular flexibility index (Phi) is 2.39. The van der Waals surface area contributed by atoms with Crippen molar-refractivity contribution < 1.29 is 5.21 Å². The first-order valence-electron chi connectivity index (χ1n) is 2.99. The van der Waals surface area contributed by atoms with Gasteiger partial charge in [-0.25, -0.2) is 4.98 Å². The molecule has 0 atom stereocenters. The Labute approximate surface area is 63.0 Å². The van der Waals surface area contributed by atoms with Gasteiger partial charge in [-0.15, -0.1) is 11.3 Å². The van der Waals surface area contributed by atoms with E-state index < -0.39 is 0 Å². The lowest BCUT2D eigenvalue weighted by molar-refractivity contribution is 0.318. The maximum Gasteiger partial charge on any atom is 0.140 e. The summed E-state index contributed by atoms with van der Waals surface area (Å²) in [6.45, 7) is 1.93. The molecule has 1 aromatic heterocycles. The van der Waals surface area contributed by atoms with Crippen LogP contribution in [-0.4, -0.2) is 15.9 Å². The van der Waals surface area contributed by atoms with Gasteiger partial charge in [-0.1, -0.05) is 12.1 Å². The van der Waals surface area contributed by atoms with Crippen LogP contribution in [0.25, 0.3) is 0 Å². The van der Waals surface area contributed by atoms with Crippen molar-refractivity contribution in [1.29, 1.82) is 0 Å². The van der Waals surface area contributed by atoms with Gasteiger partial charge in [-0.2, -0.15) is 0 Å². The molecule has 0 unspecified atom stereocenters. The van der Waals surface area contributed by atoms with Gasteiger partial charge < -0.3 is 5.21 Å². The van der Waals surface area contributed by atoms with Crippen LogP contribution >= 0.6 is 11.3 Å². The van der Waals surface area contributed by atoms with E-state index in [1.807, 2.05) is 12.3 Å². The van der Waals surface area contributed by atoms with Crippen LogP contribution < -0.4 is 0 Å². The predicted molar refractivity (Wildman–Crippen MR) is 40.7 cm³/mol. The van der Waals surface area contributed by atoms with Crippen LogP contribution in [0.2, 0.25) is 0 Å². The Morgan fingerprint density at radius 2 is 2.70 bits per heavy atom. The minimum atomic E-state index is 0.648. The van der Waals surface area contributed by atoms with Gasteiger partial charge in [0.15, 0.2) is 0 Å². The van der Waals surface area contributed by atoms with Crippen LogP contribution in [0, 0.1) is 0 Å². The lowest BCUT2D eigenvalue weighted by Crippen LogP contribution is -1.96. The predicted octanol–water partition coefficient (Wildman–Crippen LogP) is 1.73. The van der Waals surface area contributed by atoms with E-state index in [2.05, 4.69) is 10.1 Å². The molecule has 10 heavy (non-hydrogen) atoms. The van der Waals surface area contributed by atoms with E-state index in [0.29, 0.717) is 12.1 Å². The van der Waals surface area contributed by atoms with Crippen molar-refractivity contribution in [3.63, 3.8) is 0 Å². The molecule has 0 spiro atoms. The molecule has 0 amide bonds. The molecule has 0 bridgehead atoms. The number of rotatable bonds is 2. The van der Waals surface area contributed by atoms with Crippen molar-refractivity contribution in [2.75, 3.05) is 0 Å². The van der Waals surface area contributed by atoms with E-state index in [9.17, 15) is 0 Å². The van der Waals surface area contributed by atoms with Crippen molar-refractivity contribution in [3.05, 3.63) is 16.6 Å². The van der Waals surface area contributed by atoms with E-state index in [0.717, 1.165) is 5.01 Å². The molecule has 54 valence electrons. The van der Waals surface area contributed by atoms with E-state index >= 15 is 0 Å². The van der Waals surface area contributed by atoms with Crippen molar-refractivity contribution in [2.45, 2.75) is 13.3 Å². The van der Waals surface area contributed by atoms with Crippen LogP contribution in [0.4, 0.5) is 0 Å². The molecule has 0 aliphatic heterocycles. The number of hydrogen-bond donors (Lipinski definition) is 1. The second-order valence-electron chi connectivity index (χ2n) is 1.74. The van der Waals surface area contributed by atoms with Crippen LogP contribution in [-0.2, 0) is 0 Å². The Balaban J connectivity index is 2.85. The van der Waals surface area contributed by atoms with Crippen molar-refractivity contribution in [1.82, 2.24) is 4.98 Å². The molecule has 1 heterocycles. The molecule has 0 aromatic carbocycles. The molecule has 0 aliphatic carbocycles. The van der Waals surface area contributed by atoms with Crippen LogP contribution in [0.15, 0.2) is 16.7 Å². The standard InChI is InChI=1S/C6H8N2OS/c1-2-5(8-9)6-7-3-4-10-6/h3-4,9H,2H2,1H3/b8-5+. The highest BCUT2D eigenvalue weighted by atomic mass is 32.1. The van der Waals surface area contributed by atoms with Crippen LogP contribution in [0.5, 0.6) is 0 Å². The summed E-state index contributed by atoms with van der Waals surface area (Å²) < 4.78 is 0. The highest BCUT2D eigenvalue weighted by Gasteiger charge is 2.02. The summed E-state index contributed by atoms with van der Waals surface area (Å²) in [5, 5.41) is 14.2. The largest absolute Gasteiger partial charge is 0.411 e. The van der Waals surface area contributed by atoms with E-state index in [1.165, 1.54) is 11.3 Å². The van der Waals surface area contributed by atoms with Gasteiger partial charge in [-0.3, -0.25) is 0 Å². The Hall–Kier alpha value is -0.900. The summed E-state index contributed by atoms with van der Waals surface area (Å²) in [5.74, 6) is 0. The average molecular weight is 156 g/mol. The molecule has 1 N–H and O–H groups in total. The molecule has 1 rings (SSSR count). The van der Waals surface area contributed by atoms with E-state index in [4.69, 9.17) is 5.21 Å². The summed E-state index contributed by atoms with van der Waals surface area (Å²) >= 11 is 1.48. The molecule has 0 saturated carbocycles. The third kappa shape index (κ3) is 1.33. The van der Waals surface area contributed by atoms with Gasteiger partial charge in [0.2, 0.25) is 0 Å². The summed E-state index contributed by atoms with van der Waals surface area (Å²) in [5.41, 5.74) is 0.648. The lowest BCUT2D eigenvalue weighted by atomic mass is 10.3. The summed E-state index contributed by atoms with van der Waals surface area (Å²) in [6, 6.07) is 0. The highest BCUT2D eigenvalue weighted by Crippen LogP contribution is 2.07. The maximum atomic E-state index is 8.45. The molecule has 0 saturated heterocycles. The zero-order chi connectivity index (χ0) is 7.40. The fraction of sp³-hybridized carbons (Fsp3) is 0.333. The van der Waals surface area contributed by atoms with Crippen molar-refractivity contribution in [3.8, 4) is 0 Å². The zero-order valence-corrected chi connectivity index (χ0v) is 6.43. The molecule has 1 aromatic rings. The number of oxime groups is 1. The summed E-state index contributed by atoms with van der Waals surface area (Å²) in [4.78, 5) is 3.99. The first-order chi connectivity index (χ1) is 4.88. The molecular weight excluding hydrogens is 148 g/mol.